The van der Waals surface area contributed by atoms with E-state index in [2.05, 4.69) is 0 Å². The quantitative estimate of drug-likeness (QED) is 0.665. The molecule has 1 aromatic rings. The summed E-state index contributed by atoms with van der Waals surface area (Å²) in [5.41, 5.74) is 1.35. The Bertz CT molecular complexity index is 531. The highest BCUT2D eigenvalue weighted by Crippen LogP contribution is 2.32. The molecule has 7 heteroatoms. The van der Waals surface area contributed by atoms with Gasteiger partial charge in [-0.2, -0.15) is 0 Å². The number of nitro benzene ring substituents is 1. The number of carboxylic acid groups (broad SMARTS) is 1. The summed E-state index contributed by atoms with van der Waals surface area (Å²) in [5.74, 6) is -0.944. The van der Waals surface area contributed by atoms with Crippen LogP contribution >= 0.6 is 0 Å². The lowest BCUT2D eigenvalue weighted by Crippen LogP contribution is -2.46. The highest BCUT2D eigenvalue weighted by molar-refractivity contribution is 5.70. The standard InChI is InChI=1S/C13H16N2O5/c1-9-2-3-11(15(18)19)12(6-9)14-4-5-20-8-10(14)7-13(16)17/h2-3,6,10H,4-5,7-8H2,1H3,(H,16,17). The zero-order chi connectivity index (χ0) is 14.7. The van der Waals surface area contributed by atoms with E-state index in [1.54, 1.807) is 17.0 Å². The summed E-state index contributed by atoms with van der Waals surface area (Å²) < 4.78 is 5.29. The largest absolute Gasteiger partial charge is 0.481 e. The van der Waals surface area contributed by atoms with E-state index in [0.717, 1.165) is 5.56 Å². The first-order valence-corrected chi connectivity index (χ1v) is 6.30. The maximum absolute atomic E-state index is 11.1. The van der Waals surface area contributed by atoms with Gasteiger partial charge in [0.1, 0.15) is 5.69 Å². The first-order chi connectivity index (χ1) is 9.49. The van der Waals surface area contributed by atoms with Crippen LogP contribution in [0.4, 0.5) is 11.4 Å². The first-order valence-electron chi connectivity index (χ1n) is 6.30. The molecule has 0 aromatic heterocycles. The van der Waals surface area contributed by atoms with Gasteiger partial charge in [0.05, 0.1) is 30.6 Å². The van der Waals surface area contributed by atoms with Crippen LogP contribution in [0.15, 0.2) is 18.2 Å². The average Bonchev–Trinajstić information content (AvgIpc) is 2.38. The first kappa shape index (κ1) is 14.3. The predicted molar refractivity (Wildman–Crippen MR) is 72.0 cm³/mol. The SMILES string of the molecule is Cc1ccc([N+](=O)[O-])c(N2CCOCC2CC(=O)O)c1. The molecule has 1 unspecified atom stereocenters. The Labute approximate surface area is 115 Å². The number of carboxylic acids is 1. The Morgan fingerprint density at radius 1 is 1.60 bits per heavy atom. The lowest BCUT2D eigenvalue weighted by molar-refractivity contribution is -0.384. The molecule has 0 spiro atoms. The van der Waals surface area contributed by atoms with Crippen LogP contribution in [0.2, 0.25) is 0 Å². The number of carbonyl (C=O) groups is 1. The molecular weight excluding hydrogens is 264 g/mol. The number of nitrogens with zero attached hydrogens (tertiary/aromatic N) is 2. The van der Waals surface area contributed by atoms with Gasteiger partial charge in [-0.15, -0.1) is 0 Å². The molecule has 1 heterocycles. The normalized spacial score (nSPS) is 18.9. The Morgan fingerprint density at radius 2 is 2.35 bits per heavy atom. The maximum Gasteiger partial charge on any atom is 0.305 e. The van der Waals surface area contributed by atoms with E-state index in [-0.39, 0.29) is 24.8 Å². The number of benzene rings is 1. The van der Waals surface area contributed by atoms with Crippen molar-refractivity contribution in [3.63, 3.8) is 0 Å². The van der Waals surface area contributed by atoms with Crippen molar-refractivity contribution >= 4 is 17.3 Å². The third-order valence-electron chi connectivity index (χ3n) is 3.27. The van der Waals surface area contributed by atoms with E-state index in [1.807, 2.05) is 6.92 Å². The second-order valence-electron chi connectivity index (χ2n) is 4.77. The molecule has 0 radical (unpaired) electrons. The molecule has 1 saturated heterocycles. The van der Waals surface area contributed by atoms with Gasteiger partial charge >= 0.3 is 5.97 Å². The molecule has 0 amide bonds. The number of hydrogen-bond acceptors (Lipinski definition) is 5. The minimum Gasteiger partial charge on any atom is -0.481 e. The van der Waals surface area contributed by atoms with Gasteiger partial charge in [-0.1, -0.05) is 6.07 Å². The number of anilines is 1. The number of aryl methyl sites for hydroxylation is 1. The average molecular weight is 280 g/mol. The van der Waals surface area contributed by atoms with Crippen LogP contribution < -0.4 is 4.90 Å². The van der Waals surface area contributed by atoms with Crippen LogP contribution in [0.3, 0.4) is 0 Å². The van der Waals surface area contributed by atoms with Gasteiger partial charge in [0.25, 0.3) is 5.69 Å². The van der Waals surface area contributed by atoms with Crippen LogP contribution in [-0.2, 0) is 9.53 Å². The third kappa shape index (κ3) is 3.05. The Hall–Kier alpha value is -2.15. The number of ether oxygens (including phenoxy) is 1. The fraction of sp³-hybridized carbons (Fsp3) is 0.462. The molecule has 1 aliphatic rings. The molecule has 2 rings (SSSR count). The highest BCUT2D eigenvalue weighted by atomic mass is 16.6. The summed E-state index contributed by atoms with van der Waals surface area (Å²) in [4.78, 5) is 23.4. The van der Waals surface area contributed by atoms with Crippen molar-refractivity contribution in [1.29, 1.82) is 0 Å². The molecule has 1 aliphatic heterocycles. The molecule has 1 N–H and O–H groups in total. The van der Waals surface area contributed by atoms with Crippen molar-refractivity contribution in [3.8, 4) is 0 Å². The van der Waals surface area contributed by atoms with E-state index in [9.17, 15) is 14.9 Å². The van der Waals surface area contributed by atoms with Crippen LogP contribution in [0.5, 0.6) is 0 Å². The minimum atomic E-state index is -0.944. The zero-order valence-corrected chi connectivity index (χ0v) is 11.1. The Kier molecular flexibility index (Phi) is 4.19. The second kappa shape index (κ2) is 5.87. The molecule has 0 aliphatic carbocycles. The van der Waals surface area contributed by atoms with Gasteiger partial charge in [-0.05, 0) is 18.6 Å². The number of rotatable bonds is 4. The monoisotopic (exact) mass is 280 g/mol. The molecular formula is C13H16N2O5. The number of nitro groups is 1. The highest BCUT2D eigenvalue weighted by Gasteiger charge is 2.30. The molecule has 0 saturated carbocycles. The van der Waals surface area contributed by atoms with Crippen molar-refractivity contribution in [2.24, 2.45) is 0 Å². The van der Waals surface area contributed by atoms with Gasteiger partial charge in [-0.3, -0.25) is 14.9 Å². The number of morpholine rings is 1. The lowest BCUT2D eigenvalue weighted by Gasteiger charge is -2.36. The van der Waals surface area contributed by atoms with E-state index in [1.165, 1.54) is 6.07 Å². The Morgan fingerprint density at radius 3 is 3.00 bits per heavy atom. The van der Waals surface area contributed by atoms with E-state index in [0.29, 0.717) is 18.8 Å². The Balaban J connectivity index is 2.38. The smallest absolute Gasteiger partial charge is 0.305 e. The van der Waals surface area contributed by atoms with Crippen molar-refractivity contribution in [2.45, 2.75) is 19.4 Å². The molecule has 1 fully saturated rings. The summed E-state index contributed by atoms with van der Waals surface area (Å²) in [6.07, 6.45) is -0.106. The van der Waals surface area contributed by atoms with Crippen LogP contribution in [0, 0.1) is 17.0 Å². The van der Waals surface area contributed by atoms with Gasteiger partial charge < -0.3 is 14.7 Å². The summed E-state index contributed by atoms with van der Waals surface area (Å²) in [7, 11) is 0. The van der Waals surface area contributed by atoms with Gasteiger partial charge in [-0.25, -0.2) is 0 Å². The third-order valence-corrected chi connectivity index (χ3v) is 3.27. The van der Waals surface area contributed by atoms with E-state index < -0.39 is 10.9 Å². The fourth-order valence-electron chi connectivity index (χ4n) is 2.36. The van der Waals surface area contributed by atoms with E-state index >= 15 is 0 Å². The summed E-state index contributed by atoms with van der Waals surface area (Å²) in [6, 6.07) is 4.46. The maximum atomic E-state index is 11.1. The molecule has 1 aromatic carbocycles. The van der Waals surface area contributed by atoms with Crippen LogP contribution in [0.25, 0.3) is 0 Å². The van der Waals surface area contributed by atoms with Crippen molar-refractivity contribution in [1.82, 2.24) is 0 Å². The summed E-state index contributed by atoms with van der Waals surface area (Å²) in [5, 5.41) is 20.1. The minimum absolute atomic E-state index is 0.00658. The van der Waals surface area contributed by atoms with Gasteiger partial charge in [0.15, 0.2) is 0 Å². The summed E-state index contributed by atoms with van der Waals surface area (Å²) >= 11 is 0. The van der Waals surface area contributed by atoms with E-state index in [4.69, 9.17) is 9.84 Å². The molecule has 20 heavy (non-hydrogen) atoms. The fourth-order valence-corrected chi connectivity index (χ4v) is 2.36. The van der Waals surface area contributed by atoms with Gasteiger partial charge in [0, 0.05) is 12.6 Å². The van der Waals surface area contributed by atoms with Crippen molar-refractivity contribution in [2.75, 3.05) is 24.7 Å². The topological polar surface area (TPSA) is 92.9 Å². The summed E-state index contributed by atoms with van der Waals surface area (Å²) in [6.45, 7) is 2.99. The number of hydrogen-bond donors (Lipinski definition) is 1. The van der Waals surface area contributed by atoms with Gasteiger partial charge in [0.2, 0.25) is 0 Å². The zero-order valence-electron chi connectivity index (χ0n) is 11.1. The van der Waals surface area contributed by atoms with Crippen molar-refractivity contribution < 1.29 is 19.6 Å². The van der Waals surface area contributed by atoms with Crippen molar-refractivity contribution in [3.05, 3.63) is 33.9 Å². The molecule has 1 atom stereocenters. The number of aliphatic carboxylic acids is 1. The predicted octanol–water partition coefficient (Wildman–Crippen LogP) is 1.58. The molecule has 108 valence electrons. The van der Waals surface area contributed by atoms with Crippen LogP contribution in [-0.4, -0.2) is 41.8 Å². The lowest BCUT2D eigenvalue weighted by atomic mass is 10.1. The van der Waals surface area contributed by atoms with Crippen LogP contribution in [0.1, 0.15) is 12.0 Å². The molecule has 0 bridgehead atoms. The molecule has 7 nitrogen and oxygen atoms in total. The second-order valence-corrected chi connectivity index (χ2v) is 4.77.